The molecule has 1 aromatic rings. The van der Waals surface area contributed by atoms with Crippen LogP contribution in [0, 0.1) is 5.92 Å². The van der Waals surface area contributed by atoms with Crippen LogP contribution in [0.25, 0.3) is 0 Å². The smallest absolute Gasteiger partial charge is 0.231 e. The first kappa shape index (κ1) is 12.5. The molecule has 3 atom stereocenters. The van der Waals surface area contributed by atoms with Crippen molar-refractivity contribution in [2.45, 2.75) is 44.8 Å². The number of aromatic nitrogens is 2. The molecule has 3 unspecified atom stereocenters. The maximum absolute atomic E-state index is 5.44. The molecular formula is C12H21N3O2. The van der Waals surface area contributed by atoms with Gasteiger partial charge in [-0.2, -0.15) is 4.98 Å². The molecule has 5 nitrogen and oxygen atoms in total. The van der Waals surface area contributed by atoms with Gasteiger partial charge in [0.25, 0.3) is 0 Å². The molecule has 1 aromatic heterocycles. The minimum absolute atomic E-state index is 0.00425. The van der Waals surface area contributed by atoms with Gasteiger partial charge in [0.1, 0.15) is 6.10 Å². The summed E-state index contributed by atoms with van der Waals surface area (Å²) in [6, 6.07) is 0.310. The number of rotatable bonds is 6. The topological polar surface area (TPSA) is 60.2 Å². The van der Waals surface area contributed by atoms with Crippen LogP contribution in [0.4, 0.5) is 0 Å². The molecule has 1 N–H and O–H groups in total. The normalized spacial score (nSPS) is 21.2. The lowest BCUT2D eigenvalue weighted by atomic mass is 10.0. The SMILES string of the molecule is CNC(C)C(C)c1nc(C(OC)C2CC2)no1. The van der Waals surface area contributed by atoms with Gasteiger partial charge in [0.2, 0.25) is 11.7 Å². The molecule has 1 saturated carbocycles. The van der Waals surface area contributed by atoms with E-state index in [1.807, 2.05) is 7.05 Å². The highest BCUT2D eigenvalue weighted by Crippen LogP contribution is 2.42. The summed E-state index contributed by atoms with van der Waals surface area (Å²) in [5, 5.41) is 7.24. The monoisotopic (exact) mass is 239 g/mol. The maximum atomic E-state index is 5.44. The molecule has 2 rings (SSSR count). The van der Waals surface area contributed by atoms with Crippen LogP contribution in [0.5, 0.6) is 0 Å². The van der Waals surface area contributed by atoms with E-state index in [0.717, 1.165) is 0 Å². The van der Waals surface area contributed by atoms with Crippen LogP contribution in [-0.2, 0) is 4.74 Å². The van der Waals surface area contributed by atoms with E-state index < -0.39 is 0 Å². The summed E-state index contributed by atoms with van der Waals surface area (Å²) in [5.74, 6) is 2.16. The van der Waals surface area contributed by atoms with Crippen LogP contribution in [0.1, 0.15) is 50.4 Å². The summed E-state index contributed by atoms with van der Waals surface area (Å²) in [6.45, 7) is 4.18. The van der Waals surface area contributed by atoms with E-state index in [4.69, 9.17) is 9.26 Å². The molecule has 1 aliphatic rings. The third kappa shape index (κ3) is 2.66. The number of ether oxygens (including phenoxy) is 1. The summed E-state index contributed by atoms with van der Waals surface area (Å²) < 4.78 is 10.8. The molecule has 0 radical (unpaired) electrons. The van der Waals surface area contributed by atoms with Crippen molar-refractivity contribution in [3.63, 3.8) is 0 Å². The van der Waals surface area contributed by atoms with E-state index in [0.29, 0.717) is 23.7 Å². The summed E-state index contributed by atoms with van der Waals surface area (Å²) >= 11 is 0. The average Bonchev–Trinajstić information content (AvgIpc) is 3.06. The highest BCUT2D eigenvalue weighted by molar-refractivity contribution is 5.02. The second-order valence-electron chi connectivity index (χ2n) is 4.85. The van der Waals surface area contributed by atoms with Crippen LogP contribution < -0.4 is 5.32 Å². The van der Waals surface area contributed by atoms with Gasteiger partial charge < -0.3 is 14.6 Å². The Morgan fingerprint density at radius 2 is 2.12 bits per heavy atom. The third-order valence-electron chi connectivity index (χ3n) is 3.61. The van der Waals surface area contributed by atoms with Crippen molar-refractivity contribution in [1.29, 1.82) is 0 Å². The zero-order chi connectivity index (χ0) is 12.4. The van der Waals surface area contributed by atoms with E-state index in [1.54, 1.807) is 7.11 Å². The second-order valence-corrected chi connectivity index (χ2v) is 4.85. The Labute approximate surface area is 102 Å². The zero-order valence-corrected chi connectivity index (χ0v) is 10.9. The predicted molar refractivity (Wildman–Crippen MR) is 63.7 cm³/mol. The molecular weight excluding hydrogens is 218 g/mol. The highest BCUT2D eigenvalue weighted by atomic mass is 16.5. The van der Waals surface area contributed by atoms with Crippen molar-refractivity contribution >= 4 is 0 Å². The molecule has 1 heterocycles. The fourth-order valence-corrected chi connectivity index (χ4v) is 1.92. The summed E-state index contributed by atoms with van der Waals surface area (Å²) in [5.41, 5.74) is 0. The number of nitrogens with zero attached hydrogens (tertiary/aromatic N) is 2. The van der Waals surface area contributed by atoms with Crippen molar-refractivity contribution in [2.24, 2.45) is 5.92 Å². The van der Waals surface area contributed by atoms with Crippen molar-refractivity contribution in [3.8, 4) is 0 Å². The lowest BCUT2D eigenvalue weighted by Crippen LogP contribution is -2.27. The first-order valence-corrected chi connectivity index (χ1v) is 6.21. The summed E-state index contributed by atoms with van der Waals surface area (Å²) in [6.07, 6.45) is 2.40. The van der Waals surface area contributed by atoms with E-state index in [-0.39, 0.29) is 12.0 Å². The Morgan fingerprint density at radius 1 is 1.41 bits per heavy atom. The number of nitrogens with one attached hydrogen (secondary N) is 1. The summed E-state index contributed by atoms with van der Waals surface area (Å²) in [7, 11) is 3.64. The van der Waals surface area contributed by atoms with Gasteiger partial charge in [0, 0.05) is 13.2 Å². The molecule has 0 saturated heterocycles. The van der Waals surface area contributed by atoms with Gasteiger partial charge in [-0.1, -0.05) is 12.1 Å². The first-order chi connectivity index (χ1) is 8.17. The largest absolute Gasteiger partial charge is 0.373 e. The quantitative estimate of drug-likeness (QED) is 0.821. The Balaban J connectivity index is 2.09. The van der Waals surface area contributed by atoms with Crippen molar-refractivity contribution in [3.05, 3.63) is 11.7 Å². The molecule has 96 valence electrons. The molecule has 1 aliphatic carbocycles. The van der Waals surface area contributed by atoms with E-state index in [1.165, 1.54) is 12.8 Å². The Kier molecular flexibility index (Phi) is 3.79. The molecule has 0 aliphatic heterocycles. The minimum Gasteiger partial charge on any atom is -0.373 e. The summed E-state index contributed by atoms with van der Waals surface area (Å²) in [4.78, 5) is 4.47. The Hall–Kier alpha value is -0.940. The minimum atomic E-state index is 0.00425. The van der Waals surface area contributed by atoms with Crippen molar-refractivity contribution < 1.29 is 9.26 Å². The Morgan fingerprint density at radius 3 is 2.65 bits per heavy atom. The number of hydrogen-bond donors (Lipinski definition) is 1. The van der Waals surface area contributed by atoms with Crippen molar-refractivity contribution in [1.82, 2.24) is 15.5 Å². The van der Waals surface area contributed by atoms with Crippen LogP contribution in [0.15, 0.2) is 4.52 Å². The van der Waals surface area contributed by atoms with Gasteiger partial charge in [-0.3, -0.25) is 0 Å². The number of likely N-dealkylation sites (N-methyl/N-ethyl adjacent to an activating group) is 1. The van der Waals surface area contributed by atoms with E-state index >= 15 is 0 Å². The van der Waals surface area contributed by atoms with Crippen LogP contribution >= 0.6 is 0 Å². The number of methoxy groups -OCH3 is 1. The van der Waals surface area contributed by atoms with Crippen LogP contribution in [0.2, 0.25) is 0 Å². The van der Waals surface area contributed by atoms with Crippen LogP contribution in [0.3, 0.4) is 0 Å². The predicted octanol–water partition coefficient (Wildman–Crippen LogP) is 1.88. The van der Waals surface area contributed by atoms with Gasteiger partial charge in [-0.25, -0.2) is 0 Å². The number of hydrogen-bond acceptors (Lipinski definition) is 5. The molecule has 0 aromatic carbocycles. The highest BCUT2D eigenvalue weighted by Gasteiger charge is 2.36. The van der Waals surface area contributed by atoms with Gasteiger partial charge in [0.05, 0.1) is 5.92 Å². The third-order valence-corrected chi connectivity index (χ3v) is 3.61. The Bertz CT molecular complexity index is 362. The second kappa shape index (κ2) is 5.14. The lowest BCUT2D eigenvalue weighted by Gasteiger charge is -2.14. The molecule has 17 heavy (non-hydrogen) atoms. The van der Waals surface area contributed by atoms with E-state index in [9.17, 15) is 0 Å². The van der Waals surface area contributed by atoms with E-state index in [2.05, 4.69) is 29.3 Å². The standard InChI is InChI=1S/C12H21N3O2/c1-7(8(2)13-3)12-14-11(15-17-12)10(16-4)9-5-6-9/h7-10,13H,5-6H2,1-4H3. The van der Waals surface area contributed by atoms with Gasteiger partial charge in [0.15, 0.2) is 0 Å². The molecule has 0 bridgehead atoms. The van der Waals surface area contributed by atoms with Gasteiger partial charge >= 0.3 is 0 Å². The van der Waals surface area contributed by atoms with Crippen LogP contribution in [-0.4, -0.2) is 30.3 Å². The lowest BCUT2D eigenvalue weighted by molar-refractivity contribution is 0.0751. The molecule has 0 amide bonds. The van der Waals surface area contributed by atoms with Gasteiger partial charge in [-0.15, -0.1) is 0 Å². The van der Waals surface area contributed by atoms with Gasteiger partial charge in [-0.05, 0) is 32.7 Å². The molecule has 5 heteroatoms. The zero-order valence-electron chi connectivity index (χ0n) is 10.9. The fraction of sp³-hybridized carbons (Fsp3) is 0.833. The fourth-order valence-electron chi connectivity index (χ4n) is 1.92. The van der Waals surface area contributed by atoms with Crippen molar-refractivity contribution in [2.75, 3.05) is 14.2 Å². The average molecular weight is 239 g/mol. The molecule has 0 spiro atoms. The maximum Gasteiger partial charge on any atom is 0.231 e. The first-order valence-electron chi connectivity index (χ1n) is 6.21. The molecule has 1 fully saturated rings.